The Balaban J connectivity index is 2.38. The maximum Gasteiger partial charge on any atom is 0.321 e. The van der Waals surface area contributed by atoms with Crippen LogP contribution in [0.1, 0.15) is 13.8 Å². The lowest BCUT2D eigenvalue weighted by Gasteiger charge is -2.19. The molecule has 1 aromatic heterocycles. The monoisotopic (exact) mass is 264 g/mol. The normalized spacial score (nSPS) is 11.8. The minimum Gasteiger partial charge on any atom is -0.468 e. The van der Waals surface area contributed by atoms with Gasteiger partial charge in [0.2, 0.25) is 0 Å². The van der Waals surface area contributed by atoms with Crippen LogP contribution in [0.25, 0.3) is 11.0 Å². The molecule has 0 bridgehead atoms. The third kappa shape index (κ3) is 2.22. The highest BCUT2D eigenvalue weighted by Gasteiger charge is 2.32. The van der Waals surface area contributed by atoms with E-state index in [1.165, 1.54) is 18.9 Å². The molecule has 2 aromatic rings. The number of methoxy groups -OCH3 is 1. The number of thioether (sulfide) groups is 1. The molecule has 0 atom stereocenters. The van der Waals surface area contributed by atoms with Gasteiger partial charge in [0, 0.05) is 7.05 Å². The van der Waals surface area contributed by atoms with Crippen molar-refractivity contribution in [3.8, 4) is 0 Å². The highest BCUT2D eigenvalue weighted by atomic mass is 32.2. The molecule has 0 N–H and O–H groups in total. The highest BCUT2D eigenvalue weighted by Crippen LogP contribution is 2.34. The number of esters is 1. The largest absolute Gasteiger partial charge is 0.468 e. The number of aromatic nitrogens is 2. The number of aryl methyl sites for hydroxylation is 1. The van der Waals surface area contributed by atoms with E-state index < -0.39 is 4.75 Å². The molecule has 2 rings (SSSR count). The van der Waals surface area contributed by atoms with Gasteiger partial charge in [-0.2, -0.15) is 0 Å². The Morgan fingerprint density at radius 2 is 2.06 bits per heavy atom. The number of imidazole rings is 1. The molecule has 0 saturated carbocycles. The van der Waals surface area contributed by atoms with E-state index in [4.69, 9.17) is 4.74 Å². The van der Waals surface area contributed by atoms with Crippen LogP contribution in [0.15, 0.2) is 29.4 Å². The molecule has 0 aliphatic carbocycles. The van der Waals surface area contributed by atoms with E-state index in [0.717, 1.165) is 16.2 Å². The van der Waals surface area contributed by atoms with Gasteiger partial charge in [-0.05, 0) is 26.0 Å². The zero-order valence-electron chi connectivity index (χ0n) is 10.9. The van der Waals surface area contributed by atoms with Crippen molar-refractivity contribution in [3.05, 3.63) is 24.3 Å². The van der Waals surface area contributed by atoms with Gasteiger partial charge in [-0.25, -0.2) is 4.98 Å². The van der Waals surface area contributed by atoms with E-state index in [9.17, 15) is 4.79 Å². The van der Waals surface area contributed by atoms with E-state index in [-0.39, 0.29) is 5.97 Å². The third-order valence-corrected chi connectivity index (χ3v) is 3.99. The number of benzene rings is 1. The first kappa shape index (κ1) is 13.0. The summed E-state index contributed by atoms with van der Waals surface area (Å²) in [4.78, 5) is 16.2. The third-order valence-electron chi connectivity index (χ3n) is 2.77. The molecule has 0 aliphatic rings. The summed E-state index contributed by atoms with van der Waals surface area (Å²) in [5.41, 5.74) is 1.99. The van der Waals surface area contributed by atoms with E-state index in [1.807, 2.05) is 49.7 Å². The average molecular weight is 264 g/mol. The molecule has 5 heteroatoms. The van der Waals surface area contributed by atoms with Gasteiger partial charge >= 0.3 is 5.97 Å². The summed E-state index contributed by atoms with van der Waals surface area (Å²) in [6.45, 7) is 3.67. The predicted molar refractivity (Wildman–Crippen MR) is 72.7 cm³/mol. The van der Waals surface area contributed by atoms with Crippen molar-refractivity contribution < 1.29 is 9.53 Å². The number of rotatable bonds is 3. The molecule has 0 radical (unpaired) electrons. The van der Waals surface area contributed by atoms with Crippen molar-refractivity contribution in [2.45, 2.75) is 23.8 Å². The van der Waals surface area contributed by atoms with Gasteiger partial charge in [0.25, 0.3) is 0 Å². The van der Waals surface area contributed by atoms with Crippen molar-refractivity contribution in [1.82, 2.24) is 9.55 Å². The van der Waals surface area contributed by atoms with Gasteiger partial charge in [0.05, 0.1) is 18.1 Å². The maximum absolute atomic E-state index is 11.7. The summed E-state index contributed by atoms with van der Waals surface area (Å²) in [7, 11) is 3.35. The van der Waals surface area contributed by atoms with Crippen LogP contribution < -0.4 is 0 Å². The summed E-state index contributed by atoms with van der Waals surface area (Å²) in [5, 5.41) is 0.812. The Hall–Kier alpha value is -1.49. The lowest BCUT2D eigenvalue weighted by atomic mass is 10.2. The standard InChI is InChI=1S/C13H16N2O2S/c1-13(2,11(16)17-4)18-12-14-9-7-5-6-8-10(9)15(12)3/h5-8H,1-4H3. The second-order valence-corrected chi connectivity index (χ2v) is 6.14. The SMILES string of the molecule is COC(=O)C(C)(C)Sc1nc2ccccc2n1C. The first-order chi connectivity index (χ1) is 8.45. The molecule has 1 heterocycles. The van der Waals surface area contributed by atoms with Gasteiger partial charge in [0.15, 0.2) is 5.16 Å². The van der Waals surface area contributed by atoms with Crippen molar-refractivity contribution in [1.29, 1.82) is 0 Å². The highest BCUT2D eigenvalue weighted by molar-refractivity contribution is 8.01. The van der Waals surface area contributed by atoms with Crippen molar-refractivity contribution in [2.24, 2.45) is 7.05 Å². The molecule has 1 aromatic carbocycles. The Morgan fingerprint density at radius 3 is 2.67 bits per heavy atom. The molecule has 96 valence electrons. The van der Waals surface area contributed by atoms with Crippen LogP contribution in [0, 0.1) is 0 Å². The van der Waals surface area contributed by atoms with Gasteiger partial charge in [-0.3, -0.25) is 4.79 Å². The fourth-order valence-electron chi connectivity index (χ4n) is 1.73. The summed E-state index contributed by atoms with van der Waals surface area (Å²) >= 11 is 1.41. The zero-order valence-corrected chi connectivity index (χ0v) is 11.7. The van der Waals surface area contributed by atoms with Crippen LogP contribution in [-0.4, -0.2) is 27.4 Å². The fraction of sp³-hybridized carbons (Fsp3) is 0.385. The smallest absolute Gasteiger partial charge is 0.321 e. The van der Waals surface area contributed by atoms with Crippen LogP contribution in [0.5, 0.6) is 0 Å². The van der Waals surface area contributed by atoms with E-state index >= 15 is 0 Å². The van der Waals surface area contributed by atoms with Crippen LogP contribution in [0.4, 0.5) is 0 Å². The Kier molecular flexibility index (Phi) is 3.34. The molecular weight excluding hydrogens is 248 g/mol. The molecule has 0 fully saturated rings. The lowest BCUT2D eigenvalue weighted by molar-refractivity contribution is -0.142. The number of para-hydroxylation sites is 2. The van der Waals surface area contributed by atoms with Crippen molar-refractivity contribution in [2.75, 3.05) is 7.11 Å². The average Bonchev–Trinajstić information content (AvgIpc) is 2.65. The Bertz CT molecular complexity index is 590. The molecule has 4 nitrogen and oxygen atoms in total. The molecular formula is C13H16N2O2S. The van der Waals surface area contributed by atoms with Gasteiger partial charge in [-0.15, -0.1) is 0 Å². The summed E-state index contributed by atoms with van der Waals surface area (Å²) in [6, 6.07) is 7.90. The molecule has 0 saturated heterocycles. The van der Waals surface area contributed by atoms with E-state index in [0.29, 0.717) is 0 Å². The number of hydrogen-bond acceptors (Lipinski definition) is 4. The van der Waals surface area contributed by atoms with E-state index in [2.05, 4.69) is 4.98 Å². The fourth-order valence-corrected chi connectivity index (χ4v) is 2.73. The maximum atomic E-state index is 11.7. The summed E-state index contributed by atoms with van der Waals surface area (Å²) in [6.07, 6.45) is 0. The second-order valence-electron chi connectivity index (χ2n) is 4.55. The lowest BCUT2D eigenvalue weighted by Crippen LogP contribution is -2.29. The minimum atomic E-state index is -0.649. The number of hydrogen-bond donors (Lipinski definition) is 0. The van der Waals surface area contributed by atoms with Gasteiger partial charge in [0.1, 0.15) is 4.75 Å². The number of fused-ring (bicyclic) bond motifs is 1. The first-order valence-electron chi connectivity index (χ1n) is 5.64. The van der Waals surface area contributed by atoms with Crippen LogP contribution >= 0.6 is 11.8 Å². The van der Waals surface area contributed by atoms with Crippen molar-refractivity contribution in [3.63, 3.8) is 0 Å². The minimum absolute atomic E-state index is 0.250. The van der Waals surface area contributed by atoms with Crippen LogP contribution in [-0.2, 0) is 16.6 Å². The molecule has 0 unspecified atom stereocenters. The summed E-state index contributed by atoms with van der Waals surface area (Å²) < 4.78 is 6.15. The molecule has 0 aliphatic heterocycles. The Labute approximate surface area is 110 Å². The van der Waals surface area contributed by atoms with Crippen LogP contribution in [0.3, 0.4) is 0 Å². The predicted octanol–water partition coefficient (Wildman–Crippen LogP) is 2.62. The number of ether oxygens (including phenoxy) is 1. The van der Waals surface area contributed by atoms with E-state index in [1.54, 1.807) is 0 Å². The Morgan fingerprint density at radius 1 is 1.39 bits per heavy atom. The zero-order chi connectivity index (χ0) is 13.3. The van der Waals surface area contributed by atoms with Gasteiger partial charge < -0.3 is 9.30 Å². The van der Waals surface area contributed by atoms with Crippen LogP contribution in [0.2, 0.25) is 0 Å². The van der Waals surface area contributed by atoms with Crippen molar-refractivity contribution >= 4 is 28.8 Å². The molecule has 0 amide bonds. The molecule has 18 heavy (non-hydrogen) atoms. The topological polar surface area (TPSA) is 44.1 Å². The van der Waals surface area contributed by atoms with Gasteiger partial charge in [-0.1, -0.05) is 23.9 Å². The number of carbonyl (C=O) groups excluding carboxylic acids is 1. The number of carbonyl (C=O) groups is 1. The second kappa shape index (κ2) is 4.65. The quantitative estimate of drug-likeness (QED) is 0.631. The summed E-state index contributed by atoms with van der Waals surface area (Å²) in [5.74, 6) is -0.250. The molecule has 0 spiro atoms. The number of nitrogens with zero attached hydrogens (tertiary/aromatic N) is 2. The first-order valence-corrected chi connectivity index (χ1v) is 6.46.